The quantitative estimate of drug-likeness (QED) is 0.706. The fraction of sp³-hybridized carbons (Fsp3) is 0.214. The summed E-state index contributed by atoms with van der Waals surface area (Å²) in [5.41, 5.74) is 1.01. The van der Waals surface area contributed by atoms with E-state index in [1.807, 2.05) is 19.1 Å². The van der Waals surface area contributed by atoms with Crippen molar-refractivity contribution in [2.24, 2.45) is 0 Å². The minimum Gasteiger partial charge on any atom is -0.368 e. The molecular formula is C14H16N4O2. The molecule has 0 radical (unpaired) electrons. The monoisotopic (exact) mass is 272 g/mol. The third-order valence-electron chi connectivity index (χ3n) is 2.73. The summed E-state index contributed by atoms with van der Waals surface area (Å²) in [6.07, 6.45) is 1.71. The molecule has 0 bridgehead atoms. The average molecular weight is 272 g/mol. The number of hydrogen-bond acceptors (Lipinski definition) is 4. The van der Waals surface area contributed by atoms with Crippen molar-refractivity contribution in [3.8, 4) is 0 Å². The largest absolute Gasteiger partial charge is 0.368 e. The molecule has 0 aliphatic carbocycles. The van der Waals surface area contributed by atoms with Crippen LogP contribution in [-0.2, 0) is 0 Å². The van der Waals surface area contributed by atoms with E-state index in [0.29, 0.717) is 13.1 Å². The van der Waals surface area contributed by atoms with Crippen LogP contribution in [0.4, 0.5) is 5.82 Å². The molecule has 0 unspecified atom stereocenters. The van der Waals surface area contributed by atoms with E-state index < -0.39 is 0 Å². The number of nitrogens with zero attached hydrogens (tertiary/aromatic N) is 1. The first-order valence-electron chi connectivity index (χ1n) is 6.30. The molecule has 0 saturated carbocycles. The lowest BCUT2D eigenvalue weighted by molar-refractivity contribution is 0.0950. The normalized spacial score (nSPS) is 10.1. The fourth-order valence-electron chi connectivity index (χ4n) is 1.70. The predicted octanol–water partition coefficient (Wildman–Crippen LogP) is 0.920. The highest BCUT2D eigenvalue weighted by Crippen LogP contribution is 2.07. The van der Waals surface area contributed by atoms with E-state index in [0.717, 1.165) is 11.4 Å². The highest BCUT2D eigenvalue weighted by Gasteiger charge is 2.05. The number of aromatic amines is 1. The van der Waals surface area contributed by atoms with Crippen molar-refractivity contribution in [1.82, 2.24) is 15.3 Å². The van der Waals surface area contributed by atoms with Gasteiger partial charge in [-0.1, -0.05) is 12.1 Å². The van der Waals surface area contributed by atoms with E-state index in [2.05, 4.69) is 20.6 Å². The summed E-state index contributed by atoms with van der Waals surface area (Å²) >= 11 is 0. The minimum atomic E-state index is -0.303. The second-order valence-corrected chi connectivity index (χ2v) is 4.28. The number of carbonyl (C=O) groups excluding carboxylic acids is 1. The van der Waals surface area contributed by atoms with E-state index in [1.165, 1.54) is 6.07 Å². The van der Waals surface area contributed by atoms with Gasteiger partial charge in [-0.25, -0.2) is 4.98 Å². The Morgan fingerprint density at radius 3 is 2.85 bits per heavy atom. The molecule has 2 aromatic rings. The molecule has 0 aliphatic rings. The molecule has 2 heterocycles. The molecule has 6 heteroatoms. The Kier molecular flexibility index (Phi) is 4.49. The zero-order chi connectivity index (χ0) is 14.4. The van der Waals surface area contributed by atoms with Gasteiger partial charge in [0.2, 0.25) is 5.56 Å². The summed E-state index contributed by atoms with van der Waals surface area (Å²) in [7, 11) is 0. The Hall–Kier alpha value is -2.63. The van der Waals surface area contributed by atoms with Crippen molar-refractivity contribution < 1.29 is 4.79 Å². The molecule has 2 aromatic heterocycles. The first-order valence-corrected chi connectivity index (χ1v) is 6.30. The van der Waals surface area contributed by atoms with Crippen LogP contribution in [-0.4, -0.2) is 29.0 Å². The van der Waals surface area contributed by atoms with Gasteiger partial charge in [0.1, 0.15) is 11.5 Å². The Morgan fingerprint density at radius 2 is 2.10 bits per heavy atom. The topological polar surface area (TPSA) is 86.9 Å². The van der Waals surface area contributed by atoms with Gasteiger partial charge in [-0.3, -0.25) is 9.59 Å². The highest BCUT2D eigenvalue weighted by atomic mass is 16.2. The van der Waals surface area contributed by atoms with Crippen molar-refractivity contribution in [1.29, 1.82) is 0 Å². The van der Waals surface area contributed by atoms with Gasteiger partial charge < -0.3 is 15.6 Å². The SMILES string of the molecule is Cc1cccnc1NCCNC(=O)c1cccc(=O)[nH]1. The molecule has 6 nitrogen and oxygen atoms in total. The molecule has 0 atom stereocenters. The van der Waals surface area contributed by atoms with Gasteiger partial charge in [0.25, 0.3) is 5.91 Å². The van der Waals surface area contributed by atoms with E-state index >= 15 is 0 Å². The molecular weight excluding hydrogens is 256 g/mol. The number of nitrogens with one attached hydrogen (secondary N) is 3. The first-order chi connectivity index (χ1) is 9.66. The zero-order valence-corrected chi connectivity index (χ0v) is 11.1. The lowest BCUT2D eigenvalue weighted by Gasteiger charge is -2.09. The van der Waals surface area contributed by atoms with Crippen LogP contribution in [0.15, 0.2) is 41.3 Å². The lowest BCUT2D eigenvalue weighted by atomic mass is 10.3. The van der Waals surface area contributed by atoms with E-state index in [-0.39, 0.29) is 17.2 Å². The van der Waals surface area contributed by atoms with Crippen molar-refractivity contribution >= 4 is 11.7 Å². The van der Waals surface area contributed by atoms with Gasteiger partial charge in [-0.05, 0) is 24.6 Å². The van der Waals surface area contributed by atoms with Crippen LogP contribution in [0, 0.1) is 6.92 Å². The number of aryl methyl sites for hydroxylation is 1. The van der Waals surface area contributed by atoms with Gasteiger partial charge in [0, 0.05) is 25.4 Å². The van der Waals surface area contributed by atoms with Crippen molar-refractivity contribution in [2.45, 2.75) is 6.92 Å². The van der Waals surface area contributed by atoms with Crippen LogP contribution in [0.2, 0.25) is 0 Å². The van der Waals surface area contributed by atoms with E-state index in [9.17, 15) is 9.59 Å². The third-order valence-corrected chi connectivity index (χ3v) is 2.73. The molecule has 0 fully saturated rings. The summed E-state index contributed by atoms with van der Waals surface area (Å²) in [5.74, 6) is 0.497. The van der Waals surface area contributed by atoms with Crippen molar-refractivity contribution in [3.05, 3.63) is 58.1 Å². The lowest BCUT2D eigenvalue weighted by Crippen LogP contribution is -2.30. The standard InChI is InChI=1S/C14H16N4O2/c1-10-4-3-7-15-13(10)16-8-9-17-14(20)11-5-2-6-12(19)18-11/h2-7H,8-9H2,1H3,(H,15,16)(H,17,20)(H,18,19). The Labute approximate surface area is 116 Å². The number of hydrogen-bond donors (Lipinski definition) is 3. The molecule has 20 heavy (non-hydrogen) atoms. The summed E-state index contributed by atoms with van der Waals surface area (Å²) in [6.45, 7) is 2.95. The maximum absolute atomic E-state index is 11.8. The van der Waals surface area contributed by atoms with Crippen LogP contribution in [0.5, 0.6) is 0 Å². The van der Waals surface area contributed by atoms with Crippen LogP contribution in [0.3, 0.4) is 0 Å². The maximum atomic E-state index is 11.8. The van der Waals surface area contributed by atoms with Gasteiger partial charge in [0.15, 0.2) is 0 Å². The molecule has 3 N–H and O–H groups in total. The fourth-order valence-corrected chi connectivity index (χ4v) is 1.70. The minimum absolute atomic E-state index is 0.256. The molecule has 0 aromatic carbocycles. The van der Waals surface area contributed by atoms with Gasteiger partial charge >= 0.3 is 0 Å². The number of aromatic nitrogens is 2. The predicted molar refractivity (Wildman–Crippen MR) is 76.9 cm³/mol. The summed E-state index contributed by atoms with van der Waals surface area (Å²) in [5, 5.41) is 5.85. The van der Waals surface area contributed by atoms with E-state index in [4.69, 9.17) is 0 Å². The third kappa shape index (κ3) is 3.68. The number of anilines is 1. The molecule has 104 valence electrons. The van der Waals surface area contributed by atoms with Crippen LogP contribution < -0.4 is 16.2 Å². The van der Waals surface area contributed by atoms with Crippen LogP contribution in [0.25, 0.3) is 0 Å². The molecule has 2 rings (SSSR count). The summed E-state index contributed by atoms with van der Waals surface area (Å²) in [6, 6.07) is 8.30. The molecule has 0 saturated heterocycles. The van der Waals surface area contributed by atoms with Crippen LogP contribution >= 0.6 is 0 Å². The van der Waals surface area contributed by atoms with Gasteiger partial charge in [-0.15, -0.1) is 0 Å². The number of H-pyrrole nitrogens is 1. The van der Waals surface area contributed by atoms with Crippen LogP contribution in [0.1, 0.15) is 16.1 Å². The zero-order valence-electron chi connectivity index (χ0n) is 11.1. The second kappa shape index (κ2) is 6.51. The molecule has 1 amide bonds. The smallest absolute Gasteiger partial charge is 0.267 e. The van der Waals surface area contributed by atoms with Crippen molar-refractivity contribution in [3.63, 3.8) is 0 Å². The Balaban J connectivity index is 1.80. The summed E-state index contributed by atoms with van der Waals surface area (Å²) < 4.78 is 0. The van der Waals surface area contributed by atoms with E-state index in [1.54, 1.807) is 18.3 Å². The first kappa shape index (κ1) is 13.8. The number of pyridine rings is 2. The average Bonchev–Trinajstić information content (AvgIpc) is 2.45. The number of carbonyl (C=O) groups is 1. The van der Waals surface area contributed by atoms with Gasteiger partial charge in [0.05, 0.1) is 0 Å². The summed E-state index contributed by atoms with van der Waals surface area (Å²) in [4.78, 5) is 29.5. The molecule has 0 aliphatic heterocycles. The van der Waals surface area contributed by atoms with Crippen molar-refractivity contribution in [2.75, 3.05) is 18.4 Å². The number of amides is 1. The number of rotatable bonds is 5. The van der Waals surface area contributed by atoms with Gasteiger partial charge in [-0.2, -0.15) is 0 Å². The highest BCUT2D eigenvalue weighted by molar-refractivity contribution is 5.92. The molecule has 0 spiro atoms. The maximum Gasteiger partial charge on any atom is 0.267 e. The Bertz CT molecular complexity index is 651. The Morgan fingerprint density at radius 1 is 1.25 bits per heavy atom. The second-order valence-electron chi connectivity index (χ2n) is 4.28.